The molecule has 0 bridgehead atoms. The topological polar surface area (TPSA) is 17.8 Å². The minimum absolute atomic E-state index is 0.425. The van der Waals surface area contributed by atoms with Gasteiger partial charge in [0.2, 0.25) is 0 Å². The van der Waals surface area contributed by atoms with Crippen molar-refractivity contribution in [2.24, 2.45) is 0 Å². The fourth-order valence-electron chi connectivity index (χ4n) is 2.47. The van der Waals surface area contributed by atoms with E-state index in [1.165, 1.54) is 5.56 Å². The summed E-state index contributed by atoms with van der Waals surface area (Å²) in [5.41, 5.74) is 4.06. The van der Waals surface area contributed by atoms with Crippen molar-refractivity contribution in [1.82, 2.24) is 9.78 Å². The van der Waals surface area contributed by atoms with Crippen LogP contribution in [0.3, 0.4) is 0 Å². The van der Waals surface area contributed by atoms with Crippen molar-refractivity contribution in [3.8, 4) is 11.1 Å². The van der Waals surface area contributed by atoms with Crippen molar-refractivity contribution >= 4 is 0 Å². The highest BCUT2D eigenvalue weighted by molar-refractivity contribution is 5.68. The molecule has 1 aromatic heterocycles. The van der Waals surface area contributed by atoms with E-state index in [1.807, 2.05) is 24.3 Å². The van der Waals surface area contributed by atoms with Gasteiger partial charge in [0.05, 0.1) is 5.69 Å². The fourth-order valence-corrected chi connectivity index (χ4v) is 2.47. The number of nitrogens with zero attached hydrogens (tertiary/aromatic N) is 2. The number of rotatable bonds is 3. The molecule has 1 aromatic carbocycles. The zero-order valence-corrected chi connectivity index (χ0v) is 12.6. The Morgan fingerprint density at radius 3 is 2.14 bits per heavy atom. The number of aromatic nitrogens is 2. The van der Waals surface area contributed by atoms with Crippen molar-refractivity contribution in [1.29, 1.82) is 0 Å². The van der Waals surface area contributed by atoms with Gasteiger partial charge in [0, 0.05) is 11.3 Å². The van der Waals surface area contributed by atoms with Crippen LogP contribution in [0.4, 0.5) is 13.2 Å². The van der Waals surface area contributed by atoms with Crippen molar-refractivity contribution < 1.29 is 13.2 Å². The molecule has 0 unspecified atom stereocenters. The predicted molar refractivity (Wildman–Crippen MR) is 77.3 cm³/mol. The quantitative estimate of drug-likeness (QED) is 0.791. The summed E-state index contributed by atoms with van der Waals surface area (Å²) < 4.78 is 38.7. The second-order valence-electron chi connectivity index (χ2n) is 5.60. The number of hydrogen-bond donors (Lipinski definition) is 0. The molecule has 0 radical (unpaired) electrons. The number of alkyl halides is 3. The molecule has 2 aromatic rings. The lowest BCUT2D eigenvalue weighted by Gasteiger charge is -2.09. The van der Waals surface area contributed by atoms with E-state index >= 15 is 0 Å². The van der Waals surface area contributed by atoms with E-state index in [4.69, 9.17) is 0 Å². The Balaban J connectivity index is 2.40. The van der Waals surface area contributed by atoms with Crippen LogP contribution in [0.25, 0.3) is 11.1 Å². The summed E-state index contributed by atoms with van der Waals surface area (Å²) in [7, 11) is 0. The first-order valence-corrected chi connectivity index (χ1v) is 6.90. The highest BCUT2D eigenvalue weighted by atomic mass is 19.4. The predicted octanol–water partition coefficient (Wildman–Crippen LogP) is 4.85. The zero-order chi connectivity index (χ0) is 15.8. The van der Waals surface area contributed by atoms with Gasteiger partial charge >= 0.3 is 6.18 Å². The highest BCUT2D eigenvalue weighted by Crippen LogP contribution is 2.30. The van der Waals surface area contributed by atoms with Gasteiger partial charge < -0.3 is 0 Å². The Hall–Kier alpha value is -1.78. The van der Waals surface area contributed by atoms with Crippen molar-refractivity contribution in [2.75, 3.05) is 0 Å². The van der Waals surface area contributed by atoms with Crippen LogP contribution < -0.4 is 0 Å². The van der Waals surface area contributed by atoms with Crippen LogP contribution in [0.5, 0.6) is 0 Å². The fraction of sp³-hybridized carbons (Fsp3) is 0.438. The molecule has 2 rings (SSSR count). The van der Waals surface area contributed by atoms with Gasteiger partial charge in [-0.05, 0) is 30.9 Å². The molecule has 0 fully saturated rings. The molecule has 0 spiro atoms. The average molecular weight is 296 g/mol. The van der Waals surface area contributed by atoms with Gasteiger partial charge in [-0.15, -0.1) is 0 Å². The van der Waals surface area contributed by atoms with E-state index < -0.39 is 12.7 Å². The molecular formula is C16H19F3N2. The molecule has 0 aliphatic carbocycles. The molecule has 5 heteroatoms. The molecule has 0 amide bonds. The van der Waals surface area contributed by atoms with Crippen LogP contribution in [0.1, 0.15) is 36.7 Å². The summed E-state index contributed by atoms with van der Waals surface area (Å²) >= 11 is 0. The third-order valence-electron chi connectivity index (χ3n) is 3.58. The monoisotopic (exact) mass is 296 g/mol. The van der Waals surface area contributed by atoms with Gasteiger partial charge in [0.15, 0.2) is 0 Å². The van der Waals surface area contributed by atoms with Gasteiger partial charge in [-0.1, -0.05) is 38.1 Å². The molecule has 2 nitrogen and oxygen atoms in total. The lowest BCUT2D eigenvalue weighted by Crippen LogP contribution is -2.19. The van der Waals surface area contributed by atoms with E-state index in [2.05, 4.69) is 18.9 Å². The summed E-state index contributed by atoms with van der Waals surface area (Å²) in [5.74, 6) is 0.425. The third kappa shape index (κ3) is 3.46. The molecule has 114 valence electrons. The van der Waals surface area contributed by atoms with E-state index in [1.54, 1.807) is 13.8 Å². The standard InChI is InChI=1S/C16H19F3N2/c1-10(2)13-5-7-14(8-6-13)15-11(3)20-21(12(15)4)9-16(17,18)19/h5-8,10H,9H2,1-4H3. The van der Waals surface area contributed by atoms with Crippen LogP contribution >= 0.6 is 0 Å². The summed E-state index contributed by atoms with van der Waals surface area (Å²) in [6, 6.07) is 7.93. The summed E-state index contributed by atoms with van der Waals surface area (Å²) in [6.07, 6.45) is -4.26. The van der Waals surface area contributed by atoms with Crippen LogP contribution in [-0.4, -0.2) is 16.0 Å². The molecule has 21 heavy (non-hydrogen) atoms. The van der Waals surface area contributed by atoms with Crippen LogP contribution in [0.2, 0.25) is 0 Å². The molecule has 0 saturated carbocycles. The summed E-state index contributed by atoms with van der Waals surface area (Å²) in [4.78, 5) is 0. The van der Waals surface area contributed by atoms with E-state index in [9.17, 15) is 13.2 Å². The lowest BCUT2D eigenvalue weighted by molar-refractivity contribution is -0.142. The van der Waals surface area contributed by atoms with Gasteiger partial charge in [0.1, 0.15) is 6.54 Å². The first kappa shape index (κ1) is 15.6. The Morgan fingerprint density at radius 2 is 1.67 bits per heavy atom. The van der Waals surface area contributed by atoms with E-state index in [0.29, 0.717) is 17.3 Å². The SMILES string of the molecule is Cc1nn(CC(F)(F)F)c(C)c1-c1ccc(C(C)C)cc1. The van der Waals surface area contributed by atoms with Gasteiger partial charge in [-0.25, -0.2) is 0 Å². The molecule has 0 N–H and O–H groups in total. The number of benzene rings is 1. The van der Waals surface area contributed by atoms with Gasteiger partial charge in [0.25, 0.3) is 0 Å². The average Bonchev–Trinajstić information content (AvgIpc) is 2.62. The van der Waals surface area contributed by atoms with Crippen LogP contribution in [-0.2, 0) is 6.54 Å². The Bertz CT molecular complexity index is 622. The first-order valence-electron chi connectivity index (χ1n) is 6.90. The normalized spacial score (nSPS) is 12.2. The summed E-state index contributed by atoms with van der Waals surface area (Å²) in [6.45, 7) is 6.58. The minimum atomic E-state index is -4.26. The maximum absolute atomic E-state index is 12.5. The molecular weight excluding hydrogens is 277 g/mol. The van der Waals surface area contributed by atoms with Gasteiger partial charge in [-0.3, -0.25) is 4.68 Å². The highest BCUT2D eigenvalue weighted by Gasteiger charge is 2.30. The number of aryl methyl sites for hydroxylation is 1. The molecule has 1 heterocycles. The van der Waals surface area contributed by atoms with Crippen molar-refractivity contribution in [3.63, 3.8) is 0 Å². The second kappa shape index (κ2) is 5.54. The smallest absolute Gasteiger partial charge is 0.260 e. The Morgan fingerprint density at radius 1 is 1.10 bits per heavy atom. The number of halogens is 3. The van der Waals surface area contributed by atoms with Crippen LogP contribution in [0.15, 0.2) is 24.3 Å². The second-order valence-corrected chi connectivity index (χ2v) is 5.60. The van der Waals surface area contributed by atoms with Crippen molar-refractivity contribution in [3.05, 3.63) is 41.2 Å². The Kier molecular flexibility index (Phi) is 4.12. The maximum atomic E-state index is 12.5. The number of hydrogen-bond acceptors (Lipinski definition) is 1. The van der Waals surface area contributed by atoms with Crippen LogP contribution in [0, 0.1) is 13.8 Å². The molecule has 0 saturated heterocycles. The first-order chi connectivity index (χ1) is 9.69. The third-order valence-corrected chi connectivity index (χ3v) is 3.58. The van der Waals surface area contributed by atoms with Gasteiger partial charge in [-0.2, -0.15) is 18.3 Å². The Labute approximate surface area is 122 Å². The molecule has 0 aliphatic heterocycles. The zero-order valence-electron chi connectivity index (χ0n) is 12.6. The summed E-state index contributed by atoms with van der Waals surface area (Å²) in [5, 5.41) is 4.03. The molecule has 0 aliphatic rings. The van der Waals surface area contributed by atoms with Crippen molar-refractivity contribution in [2.45, 2.75) is 46.3 Å². The lowest BCUT2D eigenvalue weighted by atomic mass is 9.98. The molecule has 0 atom stereocenters. The maximum Gasteiger partial charge on any atom is 0.408 e. The van der Waals surface area contributed by atoms with E-state index in [0.717, 1.165) is 15.8 Å². The van der Waals surface area contributed by atoms with E-state index in [-0.39, 0.29) is 0 Å². The largest absolute Gasteiger partial charge is 0.408 e. The minimum Gasteiger partial charge on any atom is -0.260 e.